The SMILES string of the molecule is Nc1cccc(Oc2cc([N+](=O)[O-])cc(C(F)(F)F)c2)c1. The molecule has 0 saturated carbocycles. The van der Waals surface area contributed by atoms with E-state index in [0.29, 0.717) is 17.8 Å². The van der Waals surface area contributed by atoms with E-state index in [1.54, 1.807) is 12.1 Å². The topological polar surface area (TPSA) is 78.4 Å². The number of non-ortho nitro benzene ring substituents is 1. The van der Waals surface area contributed by atoms with E-state index in [2.05, 4.69) is 0 Å². The smallest absolute Gasteiger partial charge is 0.416 e. The minimum absolute atomic E-state index is 0.184. The van der Waals surface area contributed by atoms with Crippen LogP contribution in [0.1, 0.15) is 5.56 Å². The summed E-state index contributed by atoms with van der Waals surface area (Å²) < 4.78 is 43.3. The molecule has 0 fully saturated rings. The molecule has 0 aromatic heterocycles. The van der Waals surface area contributed by atoms with Crippen molar-refractivity contribution in [3.63, 3.8) is 0 Å². The van der Waals surface area contributed by atoms with Crippen molar-refractivity contribution < 1.29 is 22.8 Å². The first-order valence-electron chi connectivity index (χ1n) is 5.66. The minimum atomic E-state index is -4.71. The molecule has 0 aliphatic heterocycles. The van der Waals surface area contributed by atoms with E-state index in [1.165, 1.54) is 12.1 Å². The molecule has 5 nitrogen and oxygen atoms in total. The summed E-state index contributed by atoms with van der Waals surface area (Å²) in [7, 11) is 0. The van der Waals surface area contributed by atoms with Crippen molar-refractivity contribution in [2.45, 2.75) is 6.18 Å². The van der Waals surface area contributed by atoms with Gasteiger partial charge in [0.1, 0.15) is 11.5 Å². The molecule has 2 aromatic rings. The monoisotopic (exact) mass is 298 g/mol. The van der Waals surface area contributed by atoms with E-state index in [4.69, 9.17) is 10.5 Å². The van der Waals surface area contributed by atoms with Gasteiger partial charge in [0.2, 0.25) is 0 Å². The van der Waals surface area contributed by atoms with Crippen LogP contribution in [0.15, 0.2) is 42.5 Å². The summed E-state index contributed by atoms with van der Waals surface area (Å²) in [5.41, 5.74) is 4.02. The Kier molecular flexibility index (Phi) is 3.70. The third-order valence-electron chi connectivity index (χ3n) is 2.52. The summed E-state index contributed by atoms with van der Waals surface area (Å²) in [5.74, 6) is -0.106. The Labute approximate surface area is 116 Å². The number of anilines is 1. The highest BCUT2D eigenvalue weighted by molar-refractivity contribution is 5.48. The number of halogens is 3. The second kappa shape index (κ2) is 5.31. The normalized spacial score (nSPS) is 11.2. The summed E-state index contributed by atoms with van der Waals surface area (Å²) in [5, 5.41) is 10.7. The van der Waals surface area contributed by atoms with Gasteiger partial charge < -0.3 is 10.5 Å². The van der Waals surface area contributed by atoms with Crippen LogP contribution in [-0.2, 0) is 6.18 Å². The zero-order chi connectivity index (χ0) is 15.6. The number of nitrogen functional groups attached to an aromatic ring is 1. The van der Waals surface area contributed by atoms with Gasteiger partial charge in [0, 0.05) is 17.8 Å². The van der Waals surface area contributed by atoms with Crippen LogP contribution in [-0.4, -0.2) is 4.92 Å². The van der Waals surface area contributed by atoms with Crippen LogP contribution in [0.25, 0.3) is 0 Å². The maximum atomic E-state index is 12.7. The molecule has 2 aromatic carbocycles. The van der Waals surface area contributed by atoms with Crippen LogP contribution in [0.4, 0.5) is 24.5 Å². The molecule has 0 spiro atoms. The molecule has 0 aliphatic carbocycles. The van der Waals surface area contributed by atoms with Gasteiger partial charge in [-0.1, -0.05) is 6.07 Å². The average molecular weight is 298 g/mol. The summed E-state index contributed by atoms with van der Waals surface area (Å²) >= 11 is 0. The number of nitro groups is 1. The maximum absolute atomic E-state index is 12.7. The van der Waals surface area contributed by atoms with E-state index in [-0.39, 0.29) is 11.5 Å². The molecule has 0 heterocycles. The Hall–Kier alpha value is -2.77. The summed E-state index contributed by atoms with van der Waals surface area (Å²) in [4.78, 5) is 9.79. The Morgan fingerprint density at radius 3 is 2.38 bits per heavy atom. The van der Waals surface area contributed by atoms with Crippen molar-refractivity contribution in [3.05, 3.63) is 58.1 Å². The van der Waals surface area contributed by atoms with Crippen molar-refractivity contribution in [2.75, 3.05) is 5.73 Å². The second-order valence-corrected chi connectivity index (χ2v) is 4.15. The van der Waals surface area contributed by atoms with E-state index >= 15 is 0 Å². The summed E-state index contributed by atoms with van der Waals surface area (Å²) in [6.45, 7) is 0. The predicted molar refractivity (Wildman–Crippen MR) is 69.0 cm³/mol. The third kappa shape index (κ3) is 3.62. The van der Waals surface area contributed by atoms with Gasteiger partial charge in [0.15, 0.2) is 0 Å². The molecule has 110 valence electrons. The van der Waals surface area contributed by atoms with Crippen molar-refractivity contribution in [3.8, 4) is 11.5 Å². The van der Waals surface area contributed by atoms with Crippen LogP contribution in [0, 0.1) is 10.1 Å². The van der Waals surface area contributed by atoms with E-state index in [0.717, 1.165) is 6.07 Å². The number of nitrogens with zero attached hydrogens (tertiary/aromatic N) is 1. The molecule has 2 N–H and O–H groups in total. The number of benzene rings is 2. The number of alkyl halides is 3. The lowest BCUT2D eigenvalue weighted by Gasteiger charge is -2.10. The van der Waals surface area contributed by atoms with Gasteiger partial charge in [-0.15, -0.1) is 0 Å². The van der Waals surface area contributed by atoms with E-state index in [1.807, 2.05) is 0 Å². The fourth-order valence-electron chi connectivity index (χ4n) is 1.63. The number of nitrogens with two attached hydrogens (primary N) is 1. The number of rotatable bonds is 3. The first-order valence-corrected chi connectivity index (χ1v) is 5.66. The van der Waals surface area contributed by atoms with Gasteiger partial charge in [-0.05, 0) is 18.2 Å². The van der Waals surface area contributed by atoms with E-state index in [9.17, 15) is 23.3 Å². The lowest BCUT2D eigenvalue weighted by molar-refractivity contribution is -0.385. The lowest BCUT2D eigenvalue weighted by atomic mass is 10.2. The molecule has 0 radical (unpaired) electrons. The predicted octanol–water partition coefficient (Wildman–Crippen LogP) is 3.99. The minimum Gasteiger partial charge on any atom is -0.457 e. The molecule has 8 heteroatoms. The van der Waals surface area contributed by atoms with Gasteiger partial charge in [0.25, 0.3) is 5.69 Å². The first kappa shape index (κ1) is 14.6. The Balaban J connectivity index is 2.43. The fourth-order valence-corrected chi connectivity index (χ4v) is 1.63. The van der Waals surface area contributed by atoms with Crippen molar-refractivity contribution >= 4 is 11.4 Å². The van der Waals surface area contributed by atoms with E-state index < -0.39 is 22.4 Å². The quantitative estimate of drug-likeness (QED) is 0.528. The highest BCUT2D eigenvalue weighted by Crippen LogP contribution is 2.36. The zero-order valence-electron chi connectivity index (χ0n) is 10.4. The second-order valence-electron chi connectivity index (χ2n) is 4.15. The molecule has 0 saturated heterocycles. The third-order valence-corrected chi connectivity index (χ3v) is 2.52. The molecule has 0 bridgehead atoms. The molecule has 0 atom stereocenters. The van der Waals surface area contributed by atoms with Crippen LogP contribution in [0.3, 0.4) is 0 Å². The molecule has 21 heavy (non-hydrogen) atoms. The number of ether oxygens (including phenoxy) is 1. The highest BCUT2D eigenvalue weighted by atomic mass is 19.4. The average Bonchev–Trinajstić information content (AvgIpc) is 2.37. The Morgan fingerprint density at radius 2 is 1.81 bits per heavy atom. The highest BCUT2D eigenvalue weighted by Gasteiger charge is 2.33. The molecule has 0 aliphatic rings. The van der Waals surface area contributed by atoms with Crippen molar-refractivity contribution in [1.82, 2.24) is 0 Å². The molecule has 2 rings (SSSR count). The van der Waals surface area contributed by atoms with Gasteiger partial charge in [-0.25, -0.2) is 0 Å². The van der Waals surface area contributed by atoms with Crippen LogP contribution in [0.5, 0.6) is 11.5 Å². The molecule has 0 unspecified atom stereocenters. The van der Waals surface area contributed by atoms with Gasteiger partial charge in [-0.3, -0.25) is 10.1 Å². The number of hydrogen-bond donors (Lipinski definition) is 1. The zero-order valence-corrected chi connectivity index (χ0v) is 10.4. The summed E-state index contributed by atoms with van der Waals surface area (Å²) in [6.07, 6.45) is -4.71. The molecule has 0 amide bonds. The molecular formula is C13H9F3N2O3. The maximum Gasteiger partial charge on any atom is 0.416 e. The first-order chi connectivity index (χ1) is 9.75. The van der Waals surface area contributed by atoms with Crippen LogP contribution < -0.4 is 10.5 Å². The standard InChI is InChI=1S/C13H9F3N2O3/c14-13(15,16)8-4-10(18(19)20)7-12(5-8)21-11-3-1-2-9(17)6-11/h1-7H,17H2. The Bertz CT molecular complexity index is 687. The van der Waals surface area contributed by atoms with Crippen molar-refractivity contribution in [1.29, 1.82) is 0 Å². The molecular weight excluding hydrogens is 289 g/mol. The van der Waals surface area contributed by atoms with Gasteiger partial charge in [0.05, 0.1) is 16.6 Å². The lowest BCUT2D eigenvalue weighted by Crippen LogP contribution is -2.06. The largest absolute Gasteiger partial charge is 0.457 e. The Morgan fingerprint density at radius 1 is 1.10 bits per heavy atom. The van der Waals surface area contributed by atoms with Crippen LogP contribution >= 0.6 is 0 Å². The van der Waals surface area contributed by atoms with Gasteiger partial charge in [-0.2, -0.15) is 13.2 Å². The summed E-state index contributed by atoms with van der Waals surface area (Å²) in [6, 6.07) is 8.05. The fraction of sp³-hybridized carbons (Fsp3) is 0.0769. The number of hydrogen-bond acceptors (Lipinski definition) is 4. The van der Waals surface area contributed by atoms with Crippen LogP contribution in [0.2, 0.25) is 0 Å². The van der Waals surface area contributed by atoms with Gasteiger partial charge >= 0.3 is 6.18 Å². The number of nitro benzene ring substituents is 1. The van der Waals surface area contributed by atoms with Crippen molar-refractivity contribution in [2.24, 2.45) is 0 Å².